The molecule has 0 heterocycles. The number of nitro benzene ring substituents is 1. The molecule has 1 aromatic rings. The van der Waals surface area contributed by atoms with E-state index in [0.717, 1.165) is 5.56 Å². The quantitative estimate of drug-likeness (QED) is 0.582. The Morgan fingerprint density at radius 1 is 1.53 bits per heavy atom. The zero-order valence-electron chi connectivity index (χ0n) is 8.56. The van der Waals surface area contributed by atoms with Gasteiger partial charge >= 0.3 is 5.69 Å². The number of hydrogen-bond acceptors (Lipinski definition) is 4. The van der Waals surface area contributed by atoms with Crippen LogP contribution in [0, 0.1) is 17.0 Å². The van der Waals surface area contributed by atoms with Gasteiger partial charge in [-0.05, 0) is 31.9 Å². The molecule has 1 rings (SSSR count). The molecular weight excluding hydrogens is 196 g/mol. The highest BCUT2D eigenvalue weighted by Gasteiger charge is 2.17. The molecule has 0 saturated carbocycles. The highest BCUT2D eigenvalue weighted by atomic mass is 16.6. The van der Waals surface area contributed by atoms with Crippen LogP contribution in [-0.4, -0.2) is 16.6 Å². The standard InChI is InChI=1S/C10H14N2O3/c1-7-5-8(3-2-4-11)10(13)9(6-7)12(14)15/h5-6,13H,2-4,11H2,1H3. The van der Waals surface area contributed by atoms with E-state index >= 15 is 0 Å². The first-order valence-corrected chi connectivity index (χ1v) is 4.73. The number of rotatable bonds is 4. The van der Waals surface area contributed by atoms with Crippen LogP contribution in [0.1, 0.15) is 17.5 Å². The minimum Gasteiger partial charge on any atom is -0.502 e. The number of nitrogens with two attached hydrogens (primary N) is 1. The maximum atomic E-state index is 10.6. The van der Waals surface area contributed by atoms with Crippen LogP contribution in [0.3, 0.4) is 0 Å². The minimum absolute atomic E-state index is 0.234. The predicted octanol–water partition coefficient (Wildman–Crippen LogP) is 1.50. The summed E-state index contributed by atoms with van der Waals surface area (Å²) >= 11 is 0. The molecule has 0 spiro atoms. The number of aromatic hydroxyl groups is 1. The molecule has 0 radical (unpaired) electrons. The molecule has 5 nitrogen and oxygen atoms in total. The molecule has 0 fully saturated rings. The molecule has 1 aromatic carbocycles. The molecule has 0 bridgehead atoms. The van der Waals surface area contributed by atoms with E-state index in [0.29, 0.717) is 24.9 Å². The topological polar surface area (TPSA) is 89.4 Å². The van der Waals surface area contributed by atoms with Gasteiger partial charge in [0, 0.05) is 11.6 Å². The minimum atomic E-state index is -0.575. The lowest BCUT2D eigenvalue weighted by Gasteiger charge is -2.05. The van der Waals surface area contributed by atoms with E-state index in [1.165, 1.54) is 6.07 Å². The summed E-state index contributed by atoms with van der Waals surface area (Å²) in [5, 5.41) is 20.2. The number of hydrogen-bond donors (Lipinski definition) is 2. The van der Waals surface area contributed by atoms with Crippen molar-refractivity contribution in [2.75, 3.05) is 6.54 Å². The van der Waals surface area contributed by atoms with Crippen molar-refractivity contribution in [3.05, 3.63) is 33.4 Å². The Bertz CT molecular complexity index is 377. The summed E-state index contributed by atoms with van der Waals surface area (Å²) in [4.78, 5) is 10.0. The first-order valence-electron chi connectivity index (χ1n) is 4.73. The largest absolute Gasteiger partial charge is 0.502 e. The number of phenolic OH excluding ortho intramolecular Hbond substituents is 1. The van der Waals surface area contributed by atoms with Gasteiger partial charge in [0.1, 0.15) is 0 Å². The summed E-state index contributed by atoms with van der Waals surface area (Å²) < 4.78 is 0. The summed E-state index contributed by atoms with van der Waals surface area (Å²) in [5.74, 6) is -0.237. The van der Waals surface area contributed by atoms with Crippen LogP contribution in [0.4, 0.5) is 5.69 Å². The van der Waals surface area contributed by atoms with Crippen LogP contribution in [0.2, 0.25) is 0 Å². The number of aryl methyl sites for hydroxylation is 2. The third-order valence-corrected chi connectivity index (χ3v) is 2.16. The second kappa shape index (κ2) is 4.75. The van der Waals surface area contributed by atoms with Gasteiger partial charge in [0.05, 0.1) is 4.92 Å². The second-order valence-corrected chi connectivity index (χ2v) is 3.44. The van der Waals surface area contributed by atoms with E-state index < -0.39 is 4.92 Å². The third-order valence-electron chi connectivity index (χ3n) is 2.16. The Kier molecular flexibility index (Phi) is 3.62. The highest BCUT2D eigenvalue weighted by Crippen LogP contribution is 2.31. The fourth-order valence-corrected chi connectivity index (χ4v) is 1.46. The van der Waals surface area contributed by atoms with E-state index in [9.17, 15) is 15.2 Å². The molecule has 15 heavy (non-hydrogen) atoms. The van der Waals surface area contributed by atoms with E-state index in [1.54, 1.807) is 13.0 Å². The average Bonchev–Trinajstić information content (AvgIpc) is 2.18. The molecule has 3 N–H and O–H groups in total. The summed E-state index contributed by atoms with van der Waals surface area (Å²) in [6, 6.07) is 3.11. The van der Waals surface area contributed by atoms with Gasteiger partial charge in [-0.3, -0.25) is 10.1 Å². The van der Waals surface area contributed by atoms with E-state index in [2.05, 4.69) is 0 Å². The van der Waals surface area contributed by atoms with E-state index in [-0.39, 0.29) is 11.4 Å². The van der Waals surface area contributed by atoms with Gasteiger partial charge in [-0.25, -0.2) is 0 Å². The van der Waals surface area contributed by atoms with Crippen molar-refractivity contribution in [3.63, 3.8) is 0 Å². The Balaban J connectivity index is 3.10. The Morgan fingerprint density at radius 3 is 2.73 bits per heavy atom. The van der Waals surface area contributed by atoms with Crippen molar-refractivity contribution in [2.24, 2.45) is 5.73 Å². The molecule has 0 aliphatic rings. The van der Waals surface area contributed by atoms with Crippen LogP contribution in [-0.2, 0) is 6.42 Å². The van der Waals surface area contributed by atoms with Crippen molar-refractivity contribution >= 4 is 5.69 Å². The summed E-state index contributed by atoms with van der Waals surface area (Å²) in [5.41, 5.74) is 6.47. The van der Waals surface area contributed by atoms with Crippen molar-refractivity contribution < 1.29 is 10.0 Å². The van der Waals surface area contributed by atoms with Crippen LogP contribution in [0.15, 0.2) is 12.1 Å². The van der Waals surface area contributed by atoms with Crippen LogP contribution in [0.5, 0.6) is 5.75 Å². The first-order chi connectivity index (χ1) is 7.06. The van der Waals surface area contributed by atoms with Gasteiger partial charge < -0.3 is 10.8 Å². The Labute approximate surface area is 87.7 Å². The molecule has 0 amide bonds. The molecule has 0 atom stereocenters. The molecule has 5 heteroatoms. The van der Waals surface area contributed by atoms with E-state index in [1.807, 2.05) is 0 Å². The first kappa shape index (κ1) is 11.5. The number of benzene rings is 1. The molecule has 0 aromatic heterocycles. The number of nitrogens with zero attached hydrogens (tertiary/aromatic N) is 1. The van der Waals surface area contributed by atoms with Crippen LogP contribution in [0.25, 0.3) is 0 Å². The van der Waals surface area contributed by atoms with Crippen molar-refractivity contribution in [1.82, 2.24) is 0 Å². The maximum absolute atomic E-state index is 10.6. The van der Waals surface area contributed by atoms with Gasteiger partial charge in [-0.15, -0.1) is 0 Å². The van der Waals surface area contributed by atoms with Gasteiger partial charge in [0.15, 0.2) is 5.75 Å². The molecule has 0 aliphatic heterocycles. The smallest absolute Gasteiger partial charge is 0.311 e. The maximum Gasteiger partial charge on any atom is 0.311 e. The van der Waals surface area contributed by atoms with Crippen LogP contribution < -0.4 is 5.73 Å². The zero-order valence-corrected chi connectivity index (χ0v) is 8.56. The summed E-state index contributed by atoms with van der Waals surface area (Å²) in [6.45, 7) is 2.26. The SMILES string of the molecule is Cc1cc(CCCN)c(O)c([N+](=O)[O-])c1. The van der Waals surface area contributed by atoms with E-state index in [4.69, 9.17) is 5.73 Å². The van der Waals surface area contributed by atoms with Gasteiger partial charge in [0.25, 0.3) is 0 Å². The molecule has 82 valence electrons. The van der Waals surface area contributed by atoms with Crippen molar-refractivity contribution in [2.45, 2.75) is 19.8 Å². The van der Waals surface area contributed by atoms with Gasteiger partial charge in [0.2, 0.25) is 0 Å². The molecule has 0 aliphatic carbocycles. The number of phenols is 1. The zero-order chi connectivity index (χ0) is 11.4. The second-order valence-electron chi connectivity index (χ2n) is 3.44. The predicted molar refractivity (Wildman–Crippen MR) is 56.9 cm³/mol. The molecular formula is C10H14N2O3. The molecule has 0 saturated heterocycles. The van der Waals surface area contributed by atoms with Crippen molar-refractivity contribution in [1.29, 1.82) is 0 Å². The monoisotopic (exact) mass is 210 g/mol. The number of nitro groups is 1. The lowest BCUT2D eigenvalue weighted by Crippen LogP contribution is -2.01. The van der Waals surface area contributed by atoms with Crippen LogP contribution >= 0.6 is 0 Å². The fourth-order valence-electron chi connectivity index (χ4n) is 1.46. The summed E-state index contributed by atoms with van der Waals surface area (Å²) in [6.07, 6.45) is 1.26. The van der Waals surface area contributed by atoms with Gasteiger partial charge in [-0.2, -0.15) is 0 Å². The lowest BCUT2D eigenvalue weighted by atomic mass is 10.0. The van der Waals surface area contributed by atoms with Gasteiger partial charge in [-0.1, -0.05) is 6.07 Å². The molecule has 0 unspecified atom stereocenters. The third kappa shape index (κ3) is 2.66. The Hall–Kier alpha value is -1.62. The lowest BCUT2D eigenvalue weighted by molar-refractivity contribution is -0.386. The summed E-state index contributed by atoms with van der Waals surface area (Å²) in [7, 11) is 0. The Morgan fingerprint density at radius 2 is 2.20 bits per heavy atom. The van der Waals surface area contributed by atoms with Crippen molar-refractivity contribution in [3.8, 4) is 5.75 Å². The fraction of sp³-hybridized carbons (Fsp3) is 0.400. The normalized spacial score (nSPS) is 10.3. The highest BCUT2D eigenvalue weighted by molar-refractivity contribution is 5.53. The average molecular weight is 210 g/mol.